The van der Waals surface area contributed by atoms with Gasteiger partial charge in [0.25, 0.3) is 0 Å². The lowest BCUT2D eigenvalue weighted by molar-refractivity contribution is 0.316. The molecule has 1 aliphatic rings. The molecule has 0 saturated carbocycles. The van der Waals surface area contributed by atoms with E-state index in [1.165, 1.54) is 12.3 Å². The number of nitrogens with one attached hydrogen (secondary N) is 1. The Kier molecular flexibility index (Phi) is 4.07. The van der Waals surface area contributed by atoms with Crippen molar-refractivity contribution in [2.75, 3.05) is 12.0 Å². The van der Waals surface area contributed by atoms with Gasteiger partial charge < -0.3 is 5.43 Å². The van der Waals surface area contributed by atoms with Crippen molar-refractivity contribution in [2.45, 2.75) is 37.6 Å². The van der Waals surface area contributed by atoms with Crippen molar-refractivity contribution in [3.8, 4) is 0 Å². The van der Waals surface area contributed by atoms with E-state index in [-0.39, 0.29) is 16.8 Å². The van der Waals surface area contributed by atoms with Crippen molar-refractivity contribution in [1.29, 1.82) is 0 Å². The van der Waals surface area contributed by atoms with Crippen LogP contribution in [0.25, 0.3) is 0 Å². The number of hydrazine groups is 1. The van der Waals surface area contributed by atoms with Crippen LogP contribution < -0.4 is 11.3 Å². The molecule has 1 aromatic heterocycles. The van der Waals surface area contributed by atoms with Gasteiger partial charge in [0.05, 0.1) is 0 Å². The van der Waals surface area contributed by atoms with Crippen LogP contribution in [0.4, 0.5) is 5.82 Å². The van der Waals surface area contributed by atoms with E-state index in [1.807, 2.05) is 13.8 Å². The summed E-state index contributed by atoms with van der Waals surface area (Å²) in [7, 11) is -3.55. The van der Waals surface area contributed by atoms with Crippen molar-refractivity contribution in [2.24, 2.45) is 11.8 Å². The first kappa shape index (κ1) is 14.2. The van der Waals surface area contributed by atoms with E-state index < -0.39 is 10.0 Å². The molecule has 1 atom stereocenters. The molecular formula is C12H20N4O2S. The van der Waals surface area contributed by atoms with Crippen LogP contribution in [0.15, 0.2) is 23.2 Å². The Bertz CT molecular complexity index is 544. The molecule has 2 heterocycles. The van der Waals surface area contributed by atoms with Crippen LogP contribution in [0, 0.1) is 5.92 Å². The quantitative estimate of drug-likeness (QED) is 0.640. The Balaban J connectivity index is 2.42. The second-order valence-corrected chi connectivity index (χ2v) is 6.92. The van der Waals surface area contributed by atoms with Gasteiger partial charge in [0.15, 0.2) is 5.82 Å². The number of aromatic nitrogens is 1. The third-order valence-electron chi connectivity index (χ3n) is 3.51. The van der Waals surface area contributed by atoms with Crippen LogP contribution in [0.5, 0.6) is 0 Å². The summed E-state index contributed by atoms with van der Waals surface area (Å²) in [6.07, 6.45) is 3.31. The highest BCUT2D eigenvalue weighted by Gasteiger charge is 2.37. The lowest BCUT2D eigenvalue weighted by atomic mass is 10.0. The molecule has 0 aromatic carbocycles. The summed E-state index contributed by atoms with van der Waals surface area (Å²) in [5.74, 6) is 5.83. The minimum atomic E-state index is -3.55. The number of rotatable bonds is 4. The summed E-state index contributed by atoms with van der Waals surface area (Å²) >= 11 is 0. The molecule has 1 saturated heterocycles. The Labute approximate surface area is 114 Å². The summed E-state index contributed by atoms with van der Waals surface area (Å²) < 4.78 is 27.0. The normalized spacial score (nSPS) is 20.9. The SMILES string of the molecule is CC(C)C1CCCN1S(=O)(=O)c1cccnc1NN. The Hall–Kier alpha value is -1.18. The smallest absolute Gasteiger partial charge is 0.247 e. The summed E-state index contributed by atoms with van der Waals surface area (Å²) in [5, 5.41) is 0. The van der Waals surface area contributed by atoms with Crippen molar-refractivity contribution in [3.63, 3.8) is 0 Å². The van der Waals surface area contributed by atoms with Gasteiger partial charge in [0.1, 0.15) is 4.90 Å². The maximum absolute atomic E-state index is 12.7. The van der Waals surface area contributed by atoms with E-state index in [0.29, 0.717) is 12.5 Å². The minimum absolute atomic E-state index is 0.0517. The maximum atomic E-state index is 12.7. The minimum Gasteiger partial charge on any atom is -0.307 e. The molecule has 1 unspecified atom stereocenters. The lowest BCUT2D eigenvalue weighted by Crippen LogP contribution is -2.39. The Morgan fingerprint density at radius 3 is 2.89 bits per heavy atom. The fourth-order valence-corrected chi connectivity index (χ4v) is 4.50. The highest BCUT2D eigenvalue weighted by atomic mass is 32.2. The van der Waals surface area contributed by atoms with Gasteiger partial charge in [-0.2, -0.15) is 4.31 Å². The van der Waals surface area contributed by atoms with Crippen molar-refractivity contribution < 1.29 is 8.42 Å². The van der Waals surface area contributed by atoms with Gasteiger partial charge >= 0.3 is 0 Å². The van der Waals surface area contributed by atoms with E-state index in [9.17, 15) is 8.42 Å². The number of nitrogens with zero attached hydrogens (tertiary/aromatic N) is 2. The zero-order chi connectivity index (χ0) is 14.0. The van der Waals surface area contributed by atoms with E-state index >= 15 is 0 Å². The molecule has 3 N–H and O–H groups in total. The molecule has 1 aliphatic heterocycles. The number of hydrogen-bond acceptors (Lipinski definition) is 5. The van der Waals surface area contributed by atoms with Gasteiger partial charge in [-0.3, -0.25) is 0 Å². The number of nitrogen functional groups attached to an aromatic ring is 1. The average Bonchev–Trinajstić information content (AvgIpc) is 2.88. The zero-order valence-electron chi connectivity index (χ0n) is 11.2. The van der Waals surface area contributed by atoms with Crippen LogP contribution in [0.1, 0.15) is 26.7 Å². The molecule has 106 valence electrons. The monoisotopic (exact) mass is 284 g/mol. The second kappa shape index (κ2) is 5.44. The van der Waals surface area contributed by atoms with Gasteiger partial charge in [0.2, 0.25) is 10.0 Å². The summed E-state index contributed by atoms with van der Waals surface area (Å²) in [6.45, 7) is 4.65. The first-order chi connectivity index (χ1) is 8.98. The highest BCUT2D eigenvalue weighted by molar-refractivity contribution is 7.89. The van der Waals surface area contributed by atoms with Crippen molar-refractivity contribution in [3.05, 3.63) is 18.3 Å². The molecule has 0 bridgehead atoms. The highest BCUT2D eigenvalue weighted by Crippen LogP contribution is 2.31. The van der Waals surface area contributed by atoms with Crippen LogP contribution in [0.2, 0.25) is 0 Å². The van der Waals surface area contributed by atoms with Crippen molar-refractivity contribution >= 4 is 15.8 Å². The van der Waals surface area contributed by atoms with Gasteiger partial charge in [-0.05, 0) is 30.9 Å². The van der Waals surface area contributed by atoms with Gasteiger partial charge in [0, 0.05) is 18.8 Å². The molecule has 7 heteroatoms. The Morgan fingerprint density at radius 2 is 2.26 bits per heavy atom. The number of pyridine rings is 1. The second-order valence-electron chi connectivity index (χ2n) is 5.06. The lowest BCUT2D eigenvalue weighted by Gasteiger charge is -2.27. The molecule has 2 rings (SSSR count). The summed E-state index contributed by atoms with van der Waals surface area (Å²) in [4.78, 5) is 4.11. The number of anilines is 1. The van der Waals surface area contributed by atoms with E-state index in [4.69, 9.17) is 5.84 Å². The van der Waals surface area contributed by atoms with Crippen molar-refractivity contribution in [1.82, 2.24) is 9.29 Å². The van der Waals surface area contributed by atoms with E-state index in [0.717, 1.165) is 12.8 Å². The third-order valence-corrected chi connectivity index (χ3v) is 5.47. The zero-order valence-corrected chi connectivity index (χ0v) is 12.0. The van der Waals surface area contributed by atoms with Crippen LogP contribution in [-0.2, 0) is 10.0 Å². The molecule has 1 aromatic rings. The fraction of sp³-hybridized carbons (Fsp3) is 0.583. The number of sulfonamides is 1. The summed E-state index contributed by atoms with van der Waals surface area (Å²) in [5.41, 5.74) is 2.35. The van der Waals surface area contributed by atoms with Crippen LogP contribution in [0.3, 0.4) is 0 Å². The predicted molar refractivity (Wildman–Crippen MR) is 73.8 cm³/mol. The van der Waals surface area contributed by atoms with Crippen LogP contribution in [-0.4, -0.2) is 30.3 Å². The van der Waals surface area contributed by atoms with Crippen LogP contribution >= 0.6 is 0 Å². The molecule has 6 nitrogen and oxygen atoms in total. The molecule has 0 radical (unpaired) electrons. The first-order valence-electron chi connectivity index (χ1n) is 6.42. The van der Waals surface area contributed by atoms with Gasteiger partial charge in [-0.15, -0.1) is 0 Å². The number of hydrogen-bond donors (Lipinski definition) is 2. The maximum Gasteiger partial charge on any atom is 0.247 e. The molecule has 0 spiro atoms. The van der Waals surface area contributed by atoms with E-state index in [2.05, 4.69) is 10.4 Å². The molecule has 0 amide bonds. The fourth-order valence-electron chi connectivity index (χ4n) is 2.56. The standard InChI is InChI=1S/C12H20N4O2S/c1-9(2)10-5-4-8-16(10)19(17,18)11-6-3-7-14-12(11)15-13/h3,6-7,9-10H,4-5,8,13H2,1-2H3,(H,14,15). The van der Waals surface area contributed by atoms with Gasteiger partial charge in [-0.1, -0.05) is 13.8 Å². The third kappa shape index (κ3) is 2.58. The first-order valence-corrected chi connectivity index (χ1v) is 7.86. The molecule has 1 fully saturated rings. The predicted octanol–water partition coefficient (Wildman–Crippen LogP) is 1.18. The topological polar surface area (TPSA) is 88.3 Å². The largest absolute Gasteiger partial charge is 0.307 e. The van der Waals surface area contributed by atoms with Gasteiger partial charge in [-0.25, -0.2) is 19.2 Å². The molecular weight excluding hydrogens is 264 g/mol. The molecule has 19 heavy (non-hydrogen) atoms. The number of nitrogens with two attached hydrogens (primary N) is 1. The summed E-state index contributed by atoms with van der Waals surface area (Å²) in [6, 6.07) is 3.19. The Morgan fingerprint density at radius 1 is 1.53 bits per heavy atom. The van der Waals surface area contributed by atoms with E-state index in [1.54, 1.807) is 10.4 Å². The molecule has 0 aliphatic carbocycles. The average molecular weight is 284 g/mol.